The summed E-state index contributed by atoms with van der Waals surface area (Å²) in [6, 6.07) is 0.776. The van der Waals surface area contributed by atoms with Gasteiger partial charge in [-0.2, -0.15) is 11.8 Å². The highest BCUT2D eigenvalue weighted by molar-refractivity contribution is 7.98. The predicted molar refractivity (Wildman–Crippen MR) is 69.4 cm³/mol. The van der Waals surface area contributed by atoms with E-state index in [1.807, 2.05) is 11.8 Å². The maximum Gasteiger partial charge on any atom is 0.0129 e. The van der Waals surface area contributed by atoms with E-state index in [0.29, 0.717) is 10.8 Å². The van der Waals surface area contributed by atoms with Crippen LogP contribution in [0, 0.1) is 16.7 Å². The van der Waals surface area contributed by atoms with E-state index in [-0.39, 0.29) is 0 Å². The minimum absolute atomic E-state index is 0.552. The van der Waals surface area contributed by atoms with Crippen molar-refractivity contribution in [2.75, 3.05) is 18.6 Å². The zero-order valence-corrected chi connectivity index (χ0v) is 11.4. The number of thioether (sulfide) groups is 1. The van der Waals surface area contributed by atoms with Gasteiger partial charge in [0, 0.05) is 18.3 Å². The zero-order valence-electron chi connectivity index (χ0n) is 10.6. The normalized spacial score (nSPS) is 42.4. The number of hydrogen-bond donors (Lipinski definition) is 1. The minimum atomic E-state index is 0.552. The van der Waals surface area contributed by atoms with E-state index in [4.69, 9.17) is 0 Å². The van der Waals surface area contributed by atoms with Crippen LogP contribution in [0.5, 0.6) is 0 Å². The first-order valence-corrected chi connectivity index (χ1v) is 7.64. The Morgan fingerprint density at radius 3 is 2.53 bits per heavy atom. The molecule has 0 spiro atoms. The van der Waals surface area contributed by atoms with Gasteiger partial charge in [0.2, 0.25) is 0 Å². The summed E-state index contributed by atoms with van der Waals surface area (Å²) < 4.78 is 0. The first-order valence-electron chi connectivity index (χ1n) is 6.24. The van der Waals surface area contributed by atoms with Gasteiger partial charge >= 0.3 is 0 Å². The second-order valence-electron chi connectivity index (χ2n) is 6.11. The lowest BCUT2D eigenvalue weighted by Gasteiger charge is -2.39. The van der Waals surface area contributed by atoms with Gasteiger partial charge in [0.1, 0.15) is 0 Å². The molecular weight excluding hydrogens is 202 g/mol. The maximum absolute atomic E-state index is 3.79. The lowest BCUT2D eigenvalue weighted by Crippen LogP contribution is -2.45. The molecule has 2 unspecified atom stereocenters. The van der Waals surface area contributed by atoms with Gasteiger partial charge in [0.25, 0.3) is 0 Å². The molecule has 2 fully saturated rings. The largest absolute Gasteiger partial charge is 0.313 e. The van der Waals surface area contributed by atoms with Crippen molar-refractivity contribution in [1.82, 2.24) is 5.32 Å². The monoisotopic (exact) mass is 227 g/mol. The molecule has 0 aromatic rings. The maximum atomic E-state index is 3.79. The summed E-state index contributed by atoms with van der Waals surface area (Å²) in [5, 5.41) is 3.79. The summed E-state index contributed by atoms with van der Waals surface area (Å²) in [7, 11) is 0. The van der Waals surface area contributed by atoms with Crippen molar-refractivity contribution in [1.29, 1.82) is 0 Å². The van der Waals surface area contributed by atoms with E-state index in [1.54, 1.807) is 0 Å². The van der Waals surface area contributed by atoms with Crippen molar-refractivity contribution >= 4 is 11.8 Å². The molecule has 0 saturated heterocycles. The molecule has 2 aliphatic rings. The summed E-state index contributed by atoms with van der Waals surface area (Å²) >= 11 is 1.94. The highest BCUT2D eigenvalue weighted by Gasteiger charge is 2.60. The summed E-state index contributed by atoms with van der Waals surface area (Å²) in [6.45, 7) is 8.67. The first-order chi connectivity index (χ1) is 7.02. The molecule has 2 aliphatic carbocycles. The van der Waals surface area contributed by atoms with E-state index in [1.165, 1.54) is 31.6 Å². The Morgan fingerprint density at radius 1 is 1.33 bits per heavy atom. The summed E-state index contributed by atoms with van der Waals surface area (Å²) in [6.07, 6.45) is 6.50. The zero-order chi connectivity index (χ0) is 11.1. The highest BCUT2D eigenvalue weighted by Crippen LogP contribution is 2.65. The molecule has 2 bridgehead atoms. The van der Waals surface area contributed by atoms with Crippen LogP contribution < -0.4 is 5.32 Å². The summed E-state index contributed by atoms with van der Waals surface area (Å²) in [4.78, 5) is 0. The predicted octanol–water partition coefficient (Wildman–Crippen LogP) is 3.15. The molecule has 2 rings (SSSR count). The Labute approximate surface area is 98.8 Å². The van der Waals surface area contributed by atoms with Crippen LogP contribution in [0.2, 0.25) is 0 Å². The fourth-order valence-electron chi connectivity index (χ4n) is 3.85. The van der Waals surface area contributed by atoms with E-state index in [0.717, 1.165) is 12.0 Å². The lowest BCUT2D eigenvalue weighted by molar-refractivity contribution is 0.122. The van der Waals surface area contributed by atoms with Crippen molar-refractivity contribution in [3.63, 3.8) is 0 Å². The second-order valence-corrected chi connectivity index (χ2v) is 7.10. The quantitative estimate of drug-likeness (QED) is 0.741. The van der Waals surface area contributed by atoms with Crippen molar-refractivity contribution in [3.05, 3.63) is 0 Å². The molecule has 0 aliphatic heterocycles. The fraction of sp³-hybridized carbons (Fsp3) is 1.00. The molecule has 2 saturated carbocycles. The molecule has 0 heterocycles. The second kappa shape index (κ2) is 3.96. The van der Waals surface area contributed by atoms with Gasteiger partial charge < -0.3 is 5.32 Å². The third-order valence-corrected chi connectivity index (χ3v) is 6.10. The average molecular weight is 227 g/mol. The number of fused-ring (bicyclic) bond motifs is 2. The summed E-state index contributed by atoms with van der Waals surface area (Å²) in [5.41, 5.74) is 1.11. The SMILES string of the molecule is CSCCNC1CC2CC[C@]1(C)C2(C)C. The number of nitrogens with one attached hydrogen (secondary N) is 1. The van der Waals surface area contributed by atoms with Crippen LogP contribution in [0.4, 0.5) is 0 Å². The van der Waals surface area contributed by atoms with Gasteiger partial charge in [0.05, 0.1) is 0 Å². The van der Waals surface area contributed by atoms with Gasteiger partial charge in [-0.3, -0.25) is 0 Å². The molecule has 2 heteroatoms. The Morgan fingerprint density at radius 2 is 2.07 bits per heavy atom. The number of hydrogen-bond acceptors (Lipinski definition) is 2. The number of rotatable bonds is 4. The van der Waals surface area contributed by atoms with E-state index >= 15 is 0 Å². The fourth-order valence-corrected chi connectivity index (χ4v) is 4.17. The molecular formula is C13H25NS. The molecule has 0 aromatic heterocycles. The van der Waals surface area contributed by atoms with Crippen LogP contribution in [-0.2, 0) is 0 Å². The Bertz CT molecular complexity index is 239. The van der Waals surface area contributed by atoms with Crippen molar-refractivity contribution in [2.24, 2.45) is 16.7 Å². The first kappa shape index (κ1) is 11.8. The molecule has 3 atom stereocenters. The Balaban J connectivity index is 1.99. The minimum Gasteiger partial charge on any atom is -0.313 e. The molecule has 1 nitrogen and oxygen atoms in total. The van der Waals surface area contributed by atoms with Gasteiger partial charge in [0.15, 0.2) is 0 Å². The van der Waals surface area contributed by atoms with E-state index < -0.39 is 0 Å². The van der Waals surface area contributed by atoms with Gasteiger partial charge in [-0.1, -0.05) is 20.8 Å². The average Bonchev–Trinajstić information content (AvgIpc) is 2.51. The Hall–Kier alpha value is 0.310. The molecule has 15 heavy (non-hydrogen) atoms. The topological polar surface area (TPSA) is 12.0 Å². The van der Waals surface area contributed by atoms with E-state index in [2.05, 4.69) is 32.3 Å². The van der Waals surface area contributed by atoms with Gasteiger partial charge in [-0.15, -0.1) is 0 Å². The van der Waals surface area contributed by atoms with Crippen LogP contribution in [0.25, 0.3) is 0 Å². The Kier molecular flexibility index (Phi) is 3.11. The molecule has 0 radical (unpaired) electrons. The highest BCUT2D eigenvalue weighted by atomic mass is 32.2. The summed E-state index contributed by atoms with van der Waals surface area (Å²) in [5.74, 6) is 2.21. The van der Waals surface area contributed by atoms with Crippen LogP contribution in [0.1, 0.15) is 40.0 Å². The van der Waals surface area contributed by atoms with Crippen LogP contribution in [-0.4, -0.2) is 24.6 Å². The lowest BCUT2D eigenvalue weighted by atomic mass is 9.69. The molecule has 0 aromatic carbocycles. The smallest absolute Gasteiger partial charge is 0.0129 e. The standard InChI is InChI=1S/C13H25NS/c1-12(2)10-5-6-13(12,3)11(9-10)14-7-8-15-4/h10-11,14H,5-9H2,1-4H3/t10?,11?,13-/m0/s1. The van der Waals surface area contributed by atoms with Crippen molar-refractivity contribution in [2.45, 2.75) is 46.1 Å². The molecule has 1 N–H and O–H groups in total. The van der Waals surface area contributed by atoms with Crippen LogP contribution in [0.15, 0.2) is 0 Å². The van der Waals surface area contributed by atoms with Gasteiger partial charge in [-0.05, 0) is 42.3 Å². The molecule has 88 valence electrons. The van der Waals surface area contributed by atoms with Gasteiger partial charge in [-0.25, -0.2) is 0 Å². The van der Waals surface area contributed by atoms with Crippen molar-refractivity contribution < 1.29 is 0 Å². The van der Waals surface area contributed by atoms with Crippen LogP contribution >= 0.6 is 11.8 Å². The van der Waals surface area contributed by atoms with Crippen molar-refractivity contribution in [3.8, 4) is 0 Å². The van der Waals surface area contributed by atoms with Crippen LogP contribution in [0.3, 0.4) is 0 Å². The van der Waals surface area contributed by atoms with E-state index in [9.17, 15) is 0 Å². The third kappa shape index (κ3) is 1.64. The molecule has 0 amide bonds. The third-order valence-electron chi connectivity index (χ3n) is 5.49.